The van der Waals surface area contributed by atoms with E-state index in [1.165, 1.54) is 16.9 Å². The molecule has 0 spiro atoms. The molecule has 1 saturated heterocycles. The van der Waals surface area contributed by atoms with Crippen molar-refractivity contribution in [3.63, 3.8) is 0 Å². The van der Waals surface area contributed by atoms with E-state index in [-0.39, 0.29) is 36.8 Å². The SMILES string of the molecule is Cc1ccc(-c2nnn(CC(=O)N(CCN3CCOCC3)C(C(=O)NC3CCCCC3)c3ccc(F)cc3)n2)o1. The molecule has 0 bridgehead atoms. The molecule has 2 aromatic heterocycles. The number of hydrogen-bond acceptors (Lipinski definition) is 8. The minimum absolute atomic E-state index is 0.0525. The molecule has 11 nitrogen and oxygen atoms in total. The summed E-state index contributed by atoms with van der Waals surface area (Å²) >= 11 is 0. The van der Waals surface area contributed by atoms with Gasteiger partial charge >= 0.3 is 0 Å². The molecule has 12 heteroatoms. The molecule has 214 valence electrons. The molecule has 40 heavy (non-hydrogen) atoms. The lowest BCUT2D eigenvalue weighted by atomic mass is 9.94. The summed E-state index contributed by atoms with van der Waals surface area (Å²) in [7, 11) is 0. The molecule has 1 aromatic carbocycles. The maximum absolute atomic E-state index is 13.9. The van der Waals surface area contributed by atoms with Gasteiger partial charge in [0, 0.05) is 32.2 Å². The number of ether oxygens (including phenoxy) is 1. The number of aromatic nitrogens is 4. The minimum atomic E-state index is -0.938. The average molecular weight is 554 g/mol. The molecule has 2 fully saturated rings. The number of rotatable bonds is 10. The summed E-state index contributed by atoms with van der Waals surface area (Å²) in [5.74, 6) is 0.409. The predicted octanol–water partition coefficient (Wildman–Crippen LogP) is 2.73. The van der Waals surface area contributed by atoms with Gasteiger partial charge in [-0.05, 0) is 54.8 Å². The molecule has 1 aliphatic heterocycles. The zero-order chi connectivity index (χ0) is 27.9. The fourth-order valence-corrected chi connectivity index (χ4v) is 5.29. The summed E-state index contributed by atoms with van der Waals surface area (Å²) in [5, 5.41) is 15.6. The monoisotopic (exact) mass is 553 g/mol. The van der Waals surface area contributed by atoms with E-state index in [9.17, 15) is 14.0 Å². The Hall–Kier alpha value is -3.64. The van der Waals surface area contributed by atoms with Gasteiger partial charge in [0.15, 0.2) is 5.76 Å². The van der Waals surface area contributed by atoms with Crippen LogP contribution in [0.1, 0.15) is 49.5 Å². The molecule has 3 heterocycles. The van der Waals surface area contributed by atoms with Gasteiger partial charge in [0.1, 0.15) is 24.2 Å². The average Bonchev–Trinajstić information content (AvgIpc) is 3.61. The molecule has 2 amide bonds. The van der Waals surface area contributed by atoms with Crippen LogP contribution in [0.25, 0.3) is 11.6 Å². The van der Waals surface area contributed by atoms with Crippen molar-refractivity contribution in [1.29, 1.82) is 0 Å². The number of carbonyl (C=O) groups excluding carboxylic acids is 2. The van der Waals surface area contributed by atoms with Crippen molar-refractivity contribution in [3.8, 4) is 11.6 Å². The highest BCUT2D eigenvalue weighted by molar-refractivity contribution is 5.89. The van der Waals surface area contributed by atoms with Crippen LogP contribution in [0.2, 0.25) is 0 Å². The van der Waals surface area contributed by atoms with E-state index in [2.05, 4.69) is 25.6 Å². The lowest BCUT2D eigenvalue weighted by Crippen LogP contribution is -2.50. The van der Waals surface area contributed by atoms with Crippen molar-refractivity contribution < 1.29 is 23.1 Å². The third-order valence-corrected chi connectivity index (χ3v) is 7.47. The van der Waals surface area contributed by atoms with E-state index < -0.39 is 11.9 Å². The van der Waals surface area contributed by atoms with Gasteiger partial charge < -0.3 is 19.4 Å². The van der Waals surface area contributed by atoms with Gasteiger partial charge in [-0.3, -0.25) is 14.5 Å². The Bertz CT molecular complexity index is 1270. The first-order valence-electron chi connectivity index (χ1n) is 14.0. The fraction of sp³-hybridized carbons (Fsp3) is 0.536. The number of furan rings is 1. The van der Waals surface area contributed by atoms with E-state index in [0.717, 1.165) is 45.2 Å². The molecule has 1 unspecified atom stereocenters. The van der Waals surface area contributed by atoms with Gasteiger partial charge in [0.25, 0.3) is 0 Å². The molecule has 2 aliphatic rings. The molecule has 1 aliphatic carbocycles. The molecule has 5 rings (SSSR count). The first kappa shape index (κ1) is 27.9. The quantitative estimate of drug-likeness (QED) is 0.407. The summed E-state index contributed by atoms with van der Waals surface area (Å²) < 4.78 is 24.9. The number of nitrogens with zero attached hydrogens (tertiary/aromatic N) is 6. The highest BCUT2D eigenvalue weighted by atomic mass is 19.1. The third-order valence-electron chi connectivity index (χ3n) is 7.47. The van der Waals surface area contributed by atoms with E-state index >= 15 is 0 Å². The second-order valence-corrected chi connectivity index (χ2v) is 10.4. The van der Waals surface area contributed by atoms with Crippen LogP contribution < -0.4 is 5.32 Å². The number of nitrogens with one attached hydrogen (secondary N) is 1. The summed E-state index contributed by atoms with van der Waals surface area (Å²) in [6.45, 7) is 5.18. The van der Waals surface area contributed by atoms with Gasteiger partial charge in [0.2, 0.25) is 17.6 Å². The van der Waals surface area contributed by atoms with Crippen molar-refractivity contribution in [2.24, 2.45) is 0 Å². The topological polar surface area (TPSA) is 119 Å². The Morgan fingerprint density at radius 2 is 1.85 bits per heavy atom. The largest absolute Gasteiger partial charge is 0.458 e. The summed E-state index contributed by atoms with van der Waals surface area (Å²) in [4.78, 5) is 32.7. The van der Waals surface area contributed by atoms with E-state index in [4.69, 9.17) is 9.15 Å². The van der Waals surface area contributed by atoms with Crippen LogP contribution in [0.4, 0.5) is 4.39 Å². The Morgan fingerprint density at radius 1 is 1.10 bits per heavy atom. The fourth-order valence-electron chi connectivity index (χ4n) is 5.29. The van der Waals surface area contributed by atoms with Gasteiger partial charge in [-0.2, -0.15) is 4.80 Å². The second-order valence-electron chi connectivity index (χ2n) is 10.4. The number of benzene rings is 1. The predicted molar refractivity (Wildman–Crippen MR) is 143 cm³/mol. The van der Waals surface area contributed by atoms with Crippen molar-refractivity contribution >= 4 is 11.8 Å². The highest BCUT2D eigenvalue weighted by Crippen LogP contribution is 2.25. The van der Waals surface area contributed by atoms with Crippen molar-refractivity contribution in [3.05, 3.63) is 53.5 Å². The maximum Gasteiger partial charge on any atom is 0.247 e. The molecule has 1 saturated carbocycles. The van der Waals surface area contributed by atoms with Gasteiger partial charge in [-0.25, -0.2) is 4.39 Å². The first-order chi connectivity index (χ1) is 19.5. The molecule has 0 radical (unpaired) electrons. The van der Waals surface area contributed by atoms with Crippen LogP contribution in [0.15, 0.2) is 40.8 Å². The van der Waals surface area contributed by atoms with E-state index in [0.29, 0.717) is 36.8 Å². The van der Waals surface area contributed by atoms with Crippen LogP contribution in [-0.4, -0.2) is 87.3 Å². The van der Waals surface area contributed by atoms with Crippen molar-refractivity contribution in [1.82, 2.24) is 35.3 Å². The molecule has 3 aromatic rings. The number of tetrazole rings is 1. The number of amides is 2. The van der Waals surface area contributed by atoms with Gasteiger partial charge in [0.05, 0.1) is 13.2 Å². The Balaban J connectivity index is 1.40. The zero-order valence-electron chi connectivity index (χ0n) is 22.8. The van der Waals surface area contributed by atoms with Gasteiger partial charge in [-0.15, -0.1) is 10.2 Å². The first-order valence-corrected chi connectivity index (χ1v) is 14.0. The second kappa shape index (κ2) is 13.1. The Kier molecular flexibility index (Phi) is 9.17. The summed E-state index contributed by atoms with van der Waals surface area (Å²) in [6.07, 6.45) is 5.08. The molecule has 1 atom stereocenters. The van der Waals surface area contributed by atoms with Crippen LogP contribution in [-0.2, 0) is 20.9 Å². The number of halogens is 1. The van der Waals surface area contributed by atoms with Crippen LogP contribution in [0, 0.1) is 12.7 Å². The third kappa shape index (κ3) is 7.11. The minimum Gasteiger partial charge on any atom is -0.458 e. The zero-order valence-corrected chi connectivity index (χ0v) is 22.8. The number of carbonyl (C=O) groups is 2. The Labute approximate surface area is 232 Å². The Morgan fingerprint density at radius 3 is 2.55 bits per heavy atom. The summed E-state index contributed by atoms with van der Waals surface area (Å²) in [5.41, 5.74) is 0.545. The van der Waals surface area contributed by atoms with E-state index in [1.807, 2.05) is 6.92 Å². The van der Waals surface area contributed by atoms with Crippen molar-refractivity contribution in [2.45, 2.75) is 57.7 Å². The van der Waals surface area contributed by atoms with Crippen molar-refractivity contribution in [2.75, 3.05) is 39.4 Å². The highest BCUT2D eigenvalue weighted by Gasteiger charge is 2.34. The van der Waals surface area contributed by atoms with Crippen LogP contribution in [0.5, 0.6) is 0 Å². The van der Waals surface area contributed by atoms with Crippen LogP contribution in [0.3, 0.4) is 0 Å². The lowest BCUT2D eigenvalue weighted by molar-refractivity contribution is -0.142. The molecular weight excluding hydrogens is 517 g/mol. The van der Waals surface area contributed by atoms with E-state index in [1.54, 1.807) is 29.2 Å². The normalized spacial score (nSPS) is 17.4. The molecule has 1 N–H and O–H groups in total. The number of hydrogen-bond donors (Lipinski definition) is 1. The number of morpholine rings is 1. The smallest absolute Gasteiger partial charge is 0.247 e. The standard InChI is InChI=1S/C28H36FN7O4/c1-20-7-12-24(40-20)27-31-33-36(32-27)19-25(37)35(14-13-34-15-17-39-18-16-34)26(21-8-10-22(29)11-9-21)28(38)30-23-5-3-2-4-6-23/h7-12,23,26H,2-6,13-19H2,1H3,(H,30,38). The van der Waals surface area contributed by atoms with Crippen LogP contribution >= 0.6 is 0 Å². The molecular formula is C28H36FN7O4. The van der Waals surface area contributed by atoms with Gasteiger partial charge in [-0.1, -0.05) is 31.4 Å². The number of aryl methyl sites for hydroxylation is 1. The summed E-state index contributed by atoms with van der Waals surface area (Å²) in [6, 6.07) is 8.43. The maximum atomic E-state index is 13.9. The lowest BCUT2D eigenvalue weighted by Gasteiger charge is -2.35.